The van der Waals surface area contributed by atoms with Crippen molar-refractivity contribution in [3.05, 3.63) is 95.0 Å². The number of piperazine rings is 1. The van der Waals surface area contributed by atoms with Gasteiger partial charge in [0.15, 0.2) is 5.78 Å². The van der Waals surface area contributed by atoms with Crippen LogP contribution in [0.1, 0.15) is 22.3 Å². The van der Waals surface area contributed by atoms with Crippen LogP contribution in [0.2, 0.25) is 5.02 Å². The van der Waals surface area contributed by atoms with E-state index in [4.69, 9.17) is 11.6 Å². The SMILES string of the molecule is Cl.Cl.O=C(CCN1CCN(Cc2ccccc2)CC1)c1cccc(S(=O)(=O)Nc2ccc(Cl)cc2)c1. The molecule has 194 valence electrons. The molecule has 0 radical (unpaired) electrons. The van der Waals surface area contributed by atoms with Gasteiger partial charge in [0.1, 0.15) is 0 Å². The van der Waals surface area contributed by atoms with Crippen molar-refractivity contribution in [2.24, 2.45) is 0 Å². The molecule has 0 spiro atoms. The number of carbonyl (C=O) groups excluding carboxylic acids is 1. The van der Waals surface area contributed by atoms with E-state index in [9.17, 15) is 13.2 Å². The highest BCUT2D eigenvalue weighted by Crippen LogP contribution is 2.20. The van der Waals surface area contributed by atoms with Crippen LogP contribution >= 0.6 is 36.4 Å². The summed E-state index contributed by atoms with van der Waals surface area (Å²) in [5, 5.41) is 0.521. The minimum atomic E-state index is -3.81. The van der Waals surface area contributed by atoms with Gasteiger partial charge in [0.25, 0.3) is 10.0 Å². The highest BCUT2D eigenvalue weighted by atomic mass is 35.5. The zero-order valence-corrected chi connectivity index (χ0v) is 22.9. The zero-order valence-electron chi connectivity index (χ0n) is 19.7. The molecule has 1 aliphatic rings. The van der Waals surface area contributed by atoms with E-state index in [0.29, 0.717) is 29.2 Å². The van der Waals surface area contributed by atoms with Gasteiger partial charge in [0.2, 0.25) is 0 Å². The fraction of sp³-hybridized carbons (Fsp3) is 0.269. The lowest BCUT2D eigenvalue weighted by molar-refractivity contribution is 0.0922. The molecule has 1 fully saturated rings. The number of hydrogen-bond donors (Lipinski definition) is 1. The van der Waals surface area contributed by atoms with E-state index in [2.05, 4.69) is 38.8 Å². The lowest BCUT2D eigenvalue weighted by atomic mass is 10.1. The average molecular weight is 571 g/mol. The summed E-state index contributed by atoms with van der Waals surface area (Å²) in [6.07, 6.45) is 0.354. The molecule has 6 nitrogen and oxygen atoms in total. The molecular weight excluding hydrogens is 541 g/mol. The van der Waals surface area contributed by atoms with Gasteiger partial charge in [-0.2, -0.15) is 0 Å². The Balaban J connectivity index is 0.00000228. The lowest BCUT2D eigenvalue weighted by Gasteiger charge is -2.34. The molecule has 0 unspecified atom stereocenters. The Morgan fingerprint density at radius 3 is 2.14 bits per heavy atom. The number of sulfonamides is 1. The minimum absolute atomic E-state index is 0. The van der Waals surface area contributed by atoms with Gasteiger partial charge in [-0.15, -0.1) is 24.8 Å². The average Bonchev–Trinajstić information content (AvgIpc) is 2.85. The van der Waals surface area contributed by atoms with Crippen LogP contribution in [-0.4, -0.2) is 56.7 Å². The molecule has 1 N–H and O–H groups in total. The molecule has 10 heteroatoms. The van der Waals surface area contributed by atoms with Gasteiger partial charge >= 0.3 is 0 Å². The molecule has 3 aromatic carbocycles. The van der Waals surface area contributed by atoms with Gasteiger partial charge in [0, 0.05) is 62.0 Å². The first-order chi connectivity index (χ1) is 16.4. The summed E-state index contributed by atoms with van der Waals surface area (Å²) in [5.41, 5.74) is 2.13. The minimum Gasteiger partial charge on any atom is -0.300 e. The summed E-state index contributed by atoms with van der Waals surface area (Å²) in [7, 11) is -3.81. The van der Waals surface area contributed by atoms with E-state index >= 15 is 0 Å². The topological polar surface area (TPSA) is 69.7 Å². The first-order valence-corrected chi connectivity index (χ1v) is 13.2. The second-order valence-corrected chi connectivity index (χ2v) is 10.5. The first kappa shape index (κ1) is 30.1. The Morgan fingerprint density at radius 1 is 0.833 bits per heavy atom. The number of hydrogen-bond acceptors (Lipinski definition) is 5. The molecule has 1 aliphatic heterocycles. The van der Waals surface area contributed by atoms with E-state index < -0.39 is 10.0 Å². The predicted octanol–water partition coefficient (Wildman–Crippen LogP) is 5.38. The Bertz CT molecular complexity index is 1220. The van der Waals surface area contributed by atoms with Gasteiger partial charge in [-0.05, 0) is 42.0 Å². The maximum absolute atomic E-state index is 12.8. The number of nitrogens with one attached hydrogen (secondary N) is 1. The maximum atomic E-state index is 12.8. The van der Waals surface area contributed by atoms with Crippen molar-refractivity contribution in [2.45, 2.75) is 17.9 Å². The van der Waals surface area contributed by atoms with Gasteiger partial charge in [0.05, 0.1) is 4.90 Å². The van der Waals surface area contributed by atoms with Crippen molar-refractivity contribution in [2.75, 3.05) is 37.4 Å². The van der Waals surface area contributed by atoms with Crippen LogP contribution in [0.4, 0.5) is 5.69 Å². The zero-order chi connectivity index (χ0) is 24.0. The van der Waals surface area contributed by atoms with Gasteiger partial charge in [-0.3, -0.25) is 14.4 Å². The van der Waals surface area contributed by atoms with Crippen molar-refractivity contribution in [1.82, 2.24) is 9.80 Å². The monoisotopic (exact) mass is 569 g/mol. The molecule has 0 bridgehead atoms. The van der Waals surface area contributed by atoms with Crippen molar-refractivity contribution in [3.8, 4) is 0 Å². The Hall–Kier alpha value is -2.13. The van der Waals surface area contributed by atoms with Crippen molar-refractivity contribution in [1.29, 1.82) is 0 Å². The molecular formula is C26H30Cl3N3O3S. The Kier molecular flexibility index (Phi) is 11.7. The molecule has 0 amide bonds. The van der Waals surface area contributed by atoms with Crippen LogP contribution in [0.3, 0.4) is 0 Å². The molecule has 36 heavy (non-hydrogen) atoms. The summed E-state index contributed by atoms with van der Waals surface area (Å²) < 4.78 is 28.0. The van der Waals surface area contributed by atoms with Crippen molar-refractivity contribution in [3.63, 3.8) is 0 Å². The van der Waals surface area contributed by atoms with E-state index in [-0.39, 0.29) is 35.5 Å². The standard InChI is InChI=1S/C26H28ClN3O3S.2ClH/c27-23-9-11-24(12-10-23)28-34(32,33)25-8-4-7-22(19-25)26(31)13-14-29-15-17-30(18-16-29)20-21-5-2-1-3-6-21;;/h1-12,19,28H,13-18,20H2;2*1H. The van der Waals surface area contributed by atoms with Gasteiger partial charge in [-0.1, -0.05) is 54.1 Å². The molecule has 1 saturated heterocycles. The van der Waals surface area contributed by atoms with Crippen LogP contribution in [0.25, 0.3) is 0 Å². The van der Waals surface area contributed by atoms with Crippen LogP contribution < -0.4 is 4.72 Å². The number of benzene rings is 3. The van der Waals surface area contributed by atoms with Gasteiger partial charge < -0.3 is 4.90 Å². The van der Waals surface area contributed by atoms with Crippen molar-refractivity contribution >= 4 is 57.9 Å². The Morgan fingerprint density at radius 2 is 1.47 bits per heavy atom. The quantitative estimate of drug-likeness (QED) is 0.350. The fourth-order valence-electron chi connectivity index (χ4n) is 3.99. The second kappa shape index (κ2) is 14.0. The highest BCUT2D eigenvalue weighted by Gasteiger charge is 2.20. The first-order valence-electron chi connectivity index (χ1n) is 11.3. The third-order valence-corrected chi connectivity index (χ3v) is 7.56. The third-order valence-electron chi connectivity index (χ3n) is 5.93. The van der Waals surface area contributed by atoms with Gasteiger partial charge in [-0.25, -0.2) is 8.42 Å². The number of ketones is 1. The molecule has 0 atom stereocenters. The van der Waals surface area contributed by atoms with Crippen LogP contribution in [0, 0.1) is 0 Å². The number of halogens is 3. The summed E-state index contributed by atoms with van der Waals surface area (Å²) in [4.78, 5) is 17.6. The molecule has 0 aromatic heterocycles. The molecule has 0 aliphatic carbocycles. The fourth-order valence-corrected chi connectivity index (χ4v) is 5.22. The highest BCUT2D eigenvalue weighted by molar-refractivity contribution is 7.92. The lowest BCUT2D eigenvalue weighted by Crippen LogP contribution is -2.46. The van der Waals surface area contributed by atoms with E-state index in [1.165, 1.54) is 17.7 Å². The Labute approximate surface area is 230 Å². The third kappa shape index (κ3) is 8.47. The molecule has 1 heterocycles. The normalized spacial score (nSPS) is 14.4. The van der Waals surface area contributed by atoms with Crippen LogP contribution in [0.15, 0.2) is 83.8 Å². The van der Waals surface area contributed by atoms with Crippen molar-refractivity contribution < 1.29 is 13.2 Å². The smallest absolute Gasteiger partial charge is 0.261 e. The molecule has 4 rings (SSSR count). The number of nitrogens with zero attached hydrogens (tertiary/aromatic N) is 2. The number of anilines is 1. The number of Topliss-reactive ketones (excluding diaryl/α,β-unsaturated/α-hetero) is 1. The second-order valence-electron chi connectivity index (χ2n) is 8.42. The summed E-state index contributed by atoms with van der Waals surface area (Å²) in [6.45, 7) is 5.37. The van der Waals surface area contributed by atoms with Crippen LogP contribution in [0.5, 0.6) is 0 Å². The van der Waals surface area contributed by atoms with E-state index in [1.54, 1.807) is 36.4 Å². The molecule has 0 saturated carbocycles. The number of rotatable bonds is 9. The summed E-state index contributed by atoms with van der Waals surface area (Å²) in [6, 6.07) is 23.0. The summed E-state index contributed by atoms with van der Waals surface area (Å²) in [5.74, 6) is -0.0599. The van der Waals surface area contributed by atoms with Crippen LogP contribution in [-0.2, 0) is 16.6 Å². The summed E-state index contributed by atoms with van der Waals surface area (Å²) >= 11 is 5.86. The largest absolute Gasteiger partial charge is 0.300 e. The predicted molar refractivity (Wildman–Crippen MR) is 150 cm³/mol. The number of carbonyl (C=O) groups is 1. The van der Waals surface area contributed by atoms with E-state index in [1.807, 2.05) is 6.07 Å². The maximum Gasteiger partial charge on any atom is 0.261 e. The molecule has 3 aromatic rings. The van der Waals surface area contributed by atoms with E-state index in [0.717, 1.165) is 32.7 Å².